The summed E-state index contributed by atoms with van der Waals surface area (Å²) in [4.78, 5) is 25.4. The van der Waals surface area contributed by atoms with Crippen molar-refractivity contribution in [2.75, 3.05) is 18.8 Å². The molecule has 2 saturated heterocycles. The summed E-state index contributed by atoms with van der Waals surface area (Å²) in [7, 11) is -3.47. The topological polar surface area (TPSA) is 124 Å². The summed E-state index contributed by atoms with van der Waals surface area (Å²) in [5.74, 6) is -1.83. The van der Waals surface area contributed by atoms with Gasteiger partial charge in [-0.1, -0.05) is 0 Å². The van der Waals surface area contributed by atoms with Crippen molar-refractivity contribution in [2.45, 2.75) is 38.0 Å². The van der Waals surface area contributed by atoms with Crippen molar-refractivity contribution in [3.05, 3.63) is 0 Å². The van der Waals surface area contributed by atoms with E-state index in [2.05, 4.69) is 4.90 Å². The Bertz CT molecular complexity index is 560. The number of hydrogen-bond donors (Lipinski definition) is 2. The number of rotatable bonds is 4. The van der Waals surface area contributed by atoms with Crippen molar-refractivity contribution >= 4 is 21.7 Å². The second-order valence-corrected chi connectivity index (χ2v) is 9.03. The molecule has 0 radical (unpaired) electrons. The lowest BCUT2D eigenvalue weighted by Crippen LogP contribution is -2.51. The van der Waals surface area contributed by atoms with Crippen LogP contribution in [-0.2, 0) is 19.4 Å². The molecule has 2 heterocycles. The number of carbonyl (C=O) groups excluding carboxylic acids is 2. The molecule has 4 N–H and O–H groups in total. The highest BCUT2D eigenvalue weighted by molar-refractivity contribution is 7.93. The Morgan fingerprint density at radius 2 is 1.77 bits per heavy atom. The van der Waals surface area contributed by atoms with Gasteiger partial charge >= 0.3 is 0 Å². The van der Waals surface area contributed by atoms with Crippen molar-refractivity contribution in [2.24, 2.45) is 29.2 Å². The number of carbonyl (C=O) groups is 2. The van der Waals surface area contributed by atoms with E-state index in [0.717, 1.165) is 0 Å². The maximum atomic E-state index is 12.1. The number of sulfone groups is 1. The molecule has 2 rings (SSSR count). The molecule has 4 atom stereocenters. The molecule has 2 amide bonds. The second-order valence-electron chi connectivity index (χ2n) is 6.79. The summed E-state index contributed by atoms with van der Waals surface area (Å²) < 4.78 is 24.2. The van der Waals surface area contributed by atoms with Crippen LogP contribution in [0.25, 0.3) is 0 Å². The van der Waals surface area contributed by atoms with E-state index in [-0.39, 0.29) is 35.5 Å². The first-order chi connectivity index (χ1) is 10.1. The fourth-order valence-corrected chi connectivity index (χ4v) is 5.93. The van der Waals surface area contributed by atoms with E-state index in [9.17, 15) is 18.0 Å². The van der Waals surface area contributed by atoms with Crippen molar-refractivity contribution in [1.82, 2.24) is 4.90 Å². The van der Waals surface area contributed by atoms with Gasteiger partial charge in [0.15, 0.2) is 9.84 Å². The van der Waals surface area contributed by atoms with Crippen molar-refractivity contribution in [1.29, 1.82) is 0 Å². The van der Waals surface area contributed by atoms with E-state index in [4.69, 9.17) is 11.5 Å². The lowest BCUT2D eigenvalue weighted by atomic mass is 9.77. The number of hydrogen-bond acceptors (Lipinski definition) is 5. The molecule has 0 saturated carbocycles. The summed E-state index contributed by atoms with van der Waals surface area (Å²) in [5.41, 5.74) is 10.8. The fraction of sp³-hybridized carbons (Fsp3) is 0.857. The SMILES string of the molecule is CC(C)N1CC(C(N)=O)CC(C2CCS(=O)(=O)C2C(N)=O)C1. The minimum Gasteiger partial charge on any atom is -0.369 e. The van der Waals surface area contributed by atoms with Crippen LogP contribution in [0.3, 0.4) is 0 Å². The average molecular weight is 331 g/mol. The molecule has 0 spiro atoms. The molecule has 0 aromatic carbocycles. The lowest BCUT2D eigenvalue weighted by Gasteiger charge is -2.41. The first-order valence-electron chi connectivity index (χ1n) is 7.67. The molecule has 126 valence electrons. The zero-order valence-corrected chi connectivity index (χ0v) is 13.9. The Balaban J connectivity index is 2.26. The van der Waals surface area contributed by atoms with Gasteiger partial charge in [0.25, 0.3) is 0 Å². The molecule has 22 heavy (non-hydrogen) atoms. The summed E-state index contributed by atoms with van der Waals surface area (Å²) in [6.07, 6.45) is 0.959. The molecule has 2 aliphatic heterocycles. The van der Waals surface area contributed by atoms with Gasteiger partial charge in [-0.2, -0.15) is 0 Å². The van der Waals surface area contributed by atoms with Crippen LogP contribution in [0.4, 0.5) is 0 Å². The first kappa shape index (κ1) is 17.2. The molecular weight excluding hydrogens is 306 g/mol. The van der Waals surface area contributed by atoms with E-state index in [0.29, 0.717) is 25.9 Å². The van der Waals surface area contributed by atoms with Crippen molar-refractivity contribution < 1.29 is 18.0 Å². The van der Waals surface area contributed by atoms with Crippen molar-refractivity contribution in [3.8, 4) is 0 Å². The number of amides is 2. The predicted octanol–water partition coefficient (Wildman–Crippen LogP) is -0.893. The quantitative estimate of drug-likeness (QED) is 0.691. The normalized spacial score (nSPS) is 35.6. The van der Waals surface area contributed by atoms with Crippen LogP contribution in [0.15, 0.2) is 0 Å². The molecule has 0 aromatic heterocycles. The molecular formula is C14H25N3O4S. The molecule has 8 heteroatoms. The van der Waals surface area contributed by atoms with Crippen LogP contribution < -0.4 is 11.5 Å². The average Bonchev–Trinajstić information content (AvgIpc) is 2.73. The van der Waals surface area contributed by atoms with E-state index in [1.807, 2.05) is 13.8 Å². The number of nitrogens with two attached hydrogens (primary N) is 2. The number of nitrogens with zero attached hydrogens (tertiary/aromatic N) is 1. The Labute approximate surface area is 131 Å². The van der Waals surface area contributed by atoms with E-state index in [1.165, 1.54) is 0 Å². The van der Waals surface area contributed by atoms with Crippen LogP contribution in [0.5, 0.6) is 0 Å². The smallest absolute Gasteiger partial charge is 0.236 e. The van der Waals surface area contributed by atoms with Gasteiger partial charge in [0, 0.05) is 19.1 Å². The summed E-state index contributed by atoms with van der Waals surface area (Å²) in [6.45, 7) is 5.31. The van der Waals surface area contributed by atoms with Gasteiger partial charge in [-0.05, 0) is 38.5 Å². The molecule has 0 bridgehead atoms. The highest BCUT2D eigenvalue weighted by Crippen LogP contribution is 2.38. The molecule has 0 aliphatic carbocycles. The zero-order valence-electron chi connectivity index (χ0n) is 13.1. The minimum atomic E-state index is -3.47. The summed E-state index contributed by atoms with van der Waals surface area (Å²) in [6, 6.07) is 0.231. The van der Waals surface area contributed by atoms with Crippen LogP contribution in [0, 0.1) is 17.8 Å². The Hall–Kier alpha value is -1.15. The van der Waals surface area contributed by atoms with Crippen LogP contribution in [0.1, 0.15) is 26.7 Å². The van der Waals surface area contributed by atoms with Gasteiger partial charge in [0.05, 0.1) is 11.7 Å². The fourth-order valence-electron chi connectivity index (χ4n) is 3.83. The van der Waals surface area contributed by atoms with Crippen LogP contribution in [-0.4, -0.2) is 55.3 Å². The van der Waals surface area contributed by atoms with Crippen LogP contribution in [0.2, 0.25) is 0 Å². The van der Waals surface area contributed by atoms with E-state index in [1.54, 1.807) is 0 Å². The third kappa shape index (κ3) is 3.27. The van der Waals surface area contributed by atoms with Crippen molar-refractivity contribution in [3.63, 3.8) is 0 Å². The number of likely N-dealkylation sites (tertiary alicyclic amines) is 1. The highest BCUT2D eigenvalue weighted by atomic mass is 32.2. The molecule has 7 nitrogen and oxygen atoms in total. The maximum absolute atomic E-state index is 12.1. The third-order valence-corrected chi connectivity index (χ3v) is 7.20. The zero-order chi connectivity index (χ0) is 16.7. The summed E-state index contributed by atoms with van der Waals surface area (Å²) in [5, 5.41) is -1.13. The lowest BCUT2D eigenvalue weighted by molar-refractivity contribution is -0.125. The molecule has 2 aliphatic rings. The van der Waals surface area contributed by atoms with Gasteiger partial charge in [-0.3, -0.25) is 14.5 Å². The minimum absolute atomic E-state index is 0.00924. The molecule has 4 unspecified atom stereocenters. The second kappa shape index (κ2) is 6.16. The van der Waals surface area contributed by atoms with Gasteiger partial charge in [0.2, 0.25) is 11.8 Å². The Morgan fingerprint density at radius 1 is 1.14 bits per heavy atom. The first-order valence-corrected chi connectivity index (χ1v) is 9.39. The van der Waals surface area contributed by atoms with Gasteiger partial charge in [-0.15, -0.1) is 0 Å². The standard InChI is InChI=1S/C14H25N3O4S/c1-8(2)17-6-9(5-10(7-17)13(15)18)11-3-4-22(20,21)12(11)14(16)19/h8-12H,3-7H2,1-2H3,(H2,15,18)(H2,16,19). The number of piperidine rings is 1. The van der Waals surface area contributed by atoms with Crippen LogP contribution >= 0.6 is 0 Å². The summed E-state index contributed by atoms with van der Waals surface area (Å²) >= 11 is 0. The monoisotopic (exact) mass is 331 g/mol. The largest absolute Gasteiger partial charge is 0.369 e. The van der Waals surface area contributed by atoms with Gasteiger partial charge < -0.3 is 11.5 Å². The maximum Gasteiger partial charge on any atom is 0.236 e. The Morgan fingerprint density at radius 3 is 2.27 bits per heavy atom. The van der Waals surface area contributed by atoms with Gasteiger partial charge in [-0.25, -0.2) is 8.42 Å². The number of primary amides is 2. The molecule has 0 aromatic rings. The van der Waals surface area contributed by atoms with Gasteiger partial charge in [0.1, 0.15) is 5.25 Å². The van der Waals surface area contributed by atoms with E-state index < -0.39 is 21.0 Å². The molecule has 2 fully saturated rings. The predicted molar refractivity (Wildman–Crippen MR) is 82.4 cm³/mol. The third-order valence-electron chi connectivity index (χ3n) is 5.04. The highest BCUT2D eigenvalue weighted by Gasteiger charge is 2.49. The van der Waals surface area contributed by atoms with E-state index >= 15 is 0 Å². The Kier molecular flexibility index (Phi) is 4.81.